The molecule has 2 aromatic heterocycles. The first kappa shape index (κ1) is 19.6. The molecular formula is C19H21FN4O4S. The van der Waals surface area contributed by atoms with Crippen molar-refractivity contribution in [3.63, 3.8) is 0 Å². The highest BCUT2D eigenvalue weighted by Crippen LogP contribution is 2.36. The number of pyridine rings is 1. The predicted molar refractivity (Wildman–Crippen MR) is 107 cm³/mol. The molecule has 3 heterocycles. The van der Waals surface area contributed by atoms with Crippen LogP contribution >= 0.6 is 0 Å². The van der Waals surface area contributed by atoms with E-state index in [0.717, 1.165) is 11.1 Å². The van der Waals surface area contributed by atoms with Gasteiger partial charge in [-0.3, -0.25) is 9.82 Å². The van der Waals surface area contributed by atoms with Crippen LogP contribution in [0.2, 0.25) is 0 Å². The maximum absolute atomic E-state index is 14.7. The van der Waals surface area contributed by atoms with Crippen LogP contribution in [0, 0.1) is 5.82 Å². The molecule has 10 heteroatoms. The second-order valence-electron chi connectivity index (χ2n) is 6.92. The van der Waals surface area contributed by atoms with Gasteiger partial charge in [0.2, 0.25) is 10.0 Å². The minimum absolute atomic E-state index is 0.0517. The van der Waals surface area contributed by atoms with Crippen LogP contribution in [-0.4, -0.2) is 49.7 Å². The van der Waals surface area contributed by atoms with Gasteiger partial charge in [0.25, 0.3) is 0 Å². The molecule has 0 amide bonds. The Morgan fingerprint density at radius 1 is 1.31 bits per heavy atom. The van der Waals surface area contributed by atoms with Crippen LogP contribution in [-0.2, 0) is 14.8 Å². The minimum Gasteiger partial charge on any atom is -0.492 e. The molecule has 4 rings (SSSR count). The standard InChI is InChI=1S/C19H21FN4O4S/c1-3-4-29(25,26)24-16-7-11(6-15(20)18(16)27-2)12-5-14-17(13-9-28-10-13)22-23-19(14)21-8-12/h5-8,13,24H,3-4,9-10H2,1-2H3,(H,21,22,23). The van der Waals surface area contributed by atoms with Crippen LogP contribution in [0.5, 0.6) is 5.75 Å². The number of rotatable bonds is 7. The quantitative estimate of drug-likeness (QED) is 0.609. The molecule has 0 saturated carbocycles. The van der Waals surface area contributed by atoms with E-state index in [2.05, 4.69) is 19.9 Å². The number of fused-ring (bicyclic) bond motifs is 1. The summed E-state index contributed by atoms with van der Waals surface area (Å²) >= 11 is 0. The van der Waals surface area contributed by atoms with E-state index < -0.39 is 15.8 Å². The number of benzene rings is 1. The molecule has 1 fully saturated rings. The van der Waals surface area contributed by atoms with Crippen molar-refractivity contribution in [1.82, 2.24) is 15.2 Å². The summed E-state index contributed by atoms with van der Waals surface area (Å²) in [5.74, 6) is -0.695. The third-order valence-electron chi connectivity index (χ3n) is 4.79. The van der Waals surface area contributed by atoms with Gasteiger partial charge in [-0.2, -0.15) is 5.10 Å². The minimum atomic E-state index is -3.61. The number of aromatic amines is 1. The normalized spacial score (nSPS) is 14.7. The Kier molecular flexibility index (Phi) is 5.13. The largest absolute Gasteiger partial charge is 0.492 e. The van der Waals surface area contributed by atoms with E-state index >= 15 is 0 Å². The number of halogens is 1. The Labute approximate surface area is 167 Å². The maximum Gasteiger partial charge on any atom is 0.232 e. The zero-order valence-corrected chi connectivity index (χ0v) is 16.8. The van der Waals surface area contributed by atoms with E-state index in [1.165, 1.54) is 13.2 Å². The zero-order chi connectivity index (χ0) is 20.6. The lowest BCUT2D eigenvalue weighted by atomic mass is 9.99. The Morgan fingerprint density at radius 2 is 2.10 bits per heavy atom. The molecule has 1 aliphatic rings. The van der Waals surface area contributed by atoms with Gasteiger partial charge in [0, 0.05) is 17.1 Å². The second kappa shape index (κ2) is 7.60. The number of methoxy groups -OCH3 is 1. The number of hydrogen-bond acceptors (Lipinski definition) is 6. The third kappa shape index (κ3) is 3.77. The number of nitrogens with one attached hydrogen (secondary N) is 2. The SMILES string of the molecule is CCCS(=O)(=O)Nc1cc(-c2cnc3[nH]nc(C4COC4)c3c2)cc(F)c1OC. The summed E-state index contributed by atoms with van der Waals surface area (Å²) in [6, 6.07) is 4.71. The molecule has 29 heavy (non-hydrogen) atoms. The van der Waals surface area contributed by atoms with Crippen molar-refractivity contribution < 1.29 is 22.3 Å². The third-order valence-corrected chi connectivity index (χ3v) is 6.27. The predicted octanol–water partition coefficient (Wildman–Crippen LogP) is 3.04. The van der Waals surface area contributed by atoms with E-state index in [1.807, 2.05) is 6.07 Å². The van der Waals surface area contributed by atoms with Gasteiger partial charge >= 0.3 is 0 Å². The number of ether oxygens (including phenoxy) is 2. The first-order chi connectivity index (χ1) is 13.9. The second-order valence-corrected chi connectivity index (χ2v) is 8.77. The Balaban J connectivity index is 1.78. The number of nitrogens with zero attached hydrogens (tertiary/aromatic N) is 2. The number of aromatic nitrogens is 3. The van der Waals surface area contributed by atoms with Crippen molar-refractivity contribution in [2.24, 2.45) is 0 Å². The van der Waals surface area contributed by atoms with Crippen molar-refractivity contribution in [1.29, 1.82) is 0 Å². The molecule has 154 valence electrons. The smallest absolute Gasteiger partial charge is 0.232 e. The van der Waals surface area contributed by atoms with Gasteiger partial charge in [0.05, 0.1) is 43.4 Å². The van der Waals surface area contributed by atoms with Gasteiger partial charge in [0.15, 0.2) is 17.2 Å². The first-order valence-electron chi connectivity index (χ1n) is 9.22. The van der Waals surface area contributed by atoms with E-state index in [1.54, 1.807) is 19.2 Å². The Morgan fingerprint density at radius 3 is 2.76 bits per heavy atom. The summed E-state index contributed by atoms with van der Waals surface area (Å²) in [6.07, 6.45) is 2.03. The molecule has 3 aromatic rings. The van der Waals surface area contributed by atoms with Gasteiger partial charge in [-0.05, 0) is 30.2 Å². The van der Waals surface area contributed by atoms with Gasteiger partial charge < -0.3 is 9.47 Å². The monoisotopic (exact) mass is 420 g/mol. The number of hydrogen-bond donors (Lipinski definition) is 2. The Hall–Kier alpha value is -2.72. The molecule has 0 spiro atoms. The van der Waals surface area contributed by atoms with Gasteiger partial charge in [-0.15, -0.1) is 0 Å². The van der Waals surface area contributed by atoms with Crippen LogP contribution in [0.3, 0.4) is 0 Å². The van der Waals surface area contributed by atoms with Crippen molar-refractivity contribution in [2.75, 3.05) is 30.8 Å². The van der Waals surface area contributed by atoms with Gasteiger partial charge in [-0.25, -0.2) is 17.8 Å². The van der Waals surface area contributed by atoms with E-state index in [4.69, 9.17) is 9.47 Å². The molecule has 8 nitrogen and oxygen atoms in total. The summed E-state index contributed by atoms with van der Waals surface area (Å²) in [7, 11) is -2.32. The summed E-state index contributed by atoms with van der Waals surface area (Å²) in [6.45, 7) is 2.96. The van der Waals surface area contributed by atoms with Crippen LogP contribution in [0.1, 0.15) is 25.0 Å². The molecule has 1 saturated heterocycles. The van der Waals surface area contributed by atoms with Crippen LogP contribution in [0.15, 0.2) is 24.4 Å². The highest BCUT2D eigenvalue weighted by molar-refractivity contribution is 7.92. The lowest BCUT2D eigenvalue weighted by molar-refractivity contribution is 0.00725. The van der Waals surface area contributed by atoms with Crippen LogP contribution in [0.4, 0.5) is 10.1 Å². The molecule has 2 N–H and O–H groups in total. The zero-order valence-electron chi connectivity index (χ0n) is 16.0. The molecule has 1 aliphatic heterocycles. The number of anilines is 1. The highest BCUT2D eigenvalue weighted by atomic mass is 32.2. The molecule has 0 bridgehead atoms. The maximum atomic E-state index is 14.7. The molecule has 0 atom stereocenters. The highest BCUT2D eigenvalue weighted by Gasteiger charge is 2.26. The lowest BCUT2D eigenvalue weighted by Crippen LogP contribution is -2.25. The first-order valence-corrected chi connectivity index (χ1v) is 10.9. The summed E-state index contributed by atoms with van der Waals surface area (Å²) in [5.41, 5.74) is 2.66. The summed E-state index contributed by atoms with van der Waals surface area (Å²) in [4.78, 5) is 4.37. The van der Waals surface area contributed by atoms with Crippen molar-refractivity contribution >= 4 is 26.7 Å². The molecule has 0 unspecified atom stereocenters. The number of H-pyrrole nitrogens is 1. The molecular weight excluding hydrogens is 399 g/mol. The van der Waals surface area contributed by atoms with Gasteiger partial charge in [0.1, 0.15) is 0 Å². The summed E-state index contributed by atoms with van der Waals surface area (Å²) < 4.78 is 51.8. The Bertz CT molecular complexity index is 1160. The van der Waals surface area contributed by atoms with Crippen LogP contribution in [0.25, 0.3) is 22.2 Å². The average molecular weight is 420 g/mol. The molecule has 0 radical (unpaired) electrons. The van der Waals surface area contributed by atoms with E-state index in [0.29, 0.717) is 36.4 Å². The van der Waals surface area contributed by atoms with Crippen molar-refractivity contribution in [3.8, 4) is 16.9 Å². The van der Waals surface area contributed by atoms with Gasteiger partial charge in [-0.1, -0.05) is 6.92 Å². The topological polar surface area (TPSA) is 106 Å². The van der Waals surface area contributed by atoms with E-state index in [-0.39, 0.29) is 23.1 Å². The van der Waals surface area contributed by atoms with Crippen molar-refractivity contribution in [2.45, 2.75) is 19.3 Å². The van der Waals surface area contributed by atoms with E-state index in [9.17, 15) is 12.8 Å². The summed E-state index contributed by atoms with van der Waals surface area (Å²) in [5, 5.41) is 8.06. The molecule has 0 aliphatic carbocycles. The van der Waals surface area contributed by atoms with Crippen molar-refractivity contribution in [3.05, 3.63) is 35.9 Å². The van der Waals surface area contributed by atoms with Crippen LogP contribution < -0.4 is 9.46 Å². The average Bonchev–Trinajstić information content (AvgIpc) is 3.02. The fourth-order valence-corrected chi connectivity index (χ4v) is 4.44. The fraction of sp³-hybridized carbons (Fsp3) is 0.368. The fourth-order valence-electron chi connectivity index (χ4n) is 3.32. The lowest BCUT2D eigenvalue weighted by Gasteiger charge is -2.24. The number of sulfonamides is 1. The molecule has 1 aromatic carbocycles.